The van der Waals surface area contributed by atoms with Crippen molar-refractivity contribution in [1.29, 1.82) is 0 Å². The lowest BCUT2D eigenvalue weighted by Gasteiger charge is -2.04. The molecule has 15 heavy (non-hydrogen) atoms. The largest absolute Gasteiger partial charge is 0.398 e. The first-order valence-electron chi connectivity index (χ1n) is 4.39. The average molecular weight is 303 g/mol. The molecule has 0 aliphatic rings. The van der Waals surface area contributed by atoms with Gasteiger partial charge in [0.1, 0.15) is 0 Å². The van der Waals surface area contributed by atoms with E-state index in [9.17, 15) is 0 Å². The predicted octanol–water partition coefficient (Wildman–Crippen LogP) is 4.72. The summed E-state index contributed by atoms with van der Waals surface area (Å²) < 4.78 is 1.07. The van der Waals surface area contributed by atoms with Crippen LogP contribution in [0.1, 0.15) is 4.88 Å². The maximum Gasteiger partial charge on any atom is 0.0508 e. The van der Waals surface area contributed by atoms with Crippen LogP contribution in [0.2, 0.25) is 5.02 Å². The minimum atomic E-state index is 0.706. The molecular formula is C11H9BrClNS. The Morgan fingerprint density at radius 3 is 2.67 bits per heavy atom. The van der Waals surface area contributed by atoms with Gasteiger partial charge in [-0.15, -0.1) is 11.3 Å². The predicted molar refractivity (Wildman–Crippen MR) is 71.6 cm³/mol. The summed E-state index contributed by atoms with van der Waals surface area (Å²) in [5, 5.41) is 0.706. The molecule has 0 fully saturated rings. The third-order valence-corrected chi connectivity index (χ3v) is 4.28. The zero-order valence-corrected chi connectivity index (χ0v) is 11.2. The topological polar surface area (TPSA) is 26.0 Å². The molecule has 0 spiro atoms. The lowest BCUT2D eigenvalue weighted by Crippen LogP contribution is -1.88. The molecule has 0 bridgehead atoms. The number of hydrogen-bond acceptors (Lipinski definition) is 2. The van der Waals surface area contributed by atoms with Gasteiger partial charge in [0.25, 0.3) is 0 Å². The van der Waals surface area contributed by atoms with Crippen LogP contribution in [0.15, 0.2) is 28.7 Å². The van der Waals surface area contributed by atoms with Crippen LogP contribution in [0, 0.1) is 6.92 Å². The second-order valence-corrected chi connectivity index (χ2v) is 5.81. The van der Waals surface area contributed by atoms with E-state index >= 15 is 0 Å². The van der Waals surface area contributed by atoms with Gasteiger partial charge < -0.3 is 5.73 Å². The highest BCUT2D eigenvalue weighted by Crippen LogP contribution is 2.39. The zero-order valence-electron chi connectivity index (χ0n) is 8.05. The Balaban J connectivity index is 2.62. The quantitative estimate of drug-likeness (QED) is 0.758. The molecule has 0 unspecified atom stereocenters. The Labute approximate surface area is 106 Å². The van der Waals surface area contributed by atoms with Crippen LogP contribution >= 0.6 is 38.9 Å². The van der Waals surface area contributed by atoms with Crippen molar-refractivity contribution in [2.45, 2.75) is 6.92 Å². The van der Waals surface area contributed by atoms with E-state index in [2.05, 4.69) is 28.9 Å². The van der Waals surface area contributed by atoms with Crippen molar-refractivity contribution in [1.82, 2.24) is 0 Å². The third-order valence-electron chi connectivity index (χ3n) is 2.07. The summed E-state index contributed by atoms with van der Waals surface area (Å²) in [5.41, 5.74) is 7.67. The average Bonchev–Trinajstić information content (AvgIpc) is 2.50. The number of benzene rings is 1. The molecule has 0 saturated carbocycles. The standard InChI is InChI=1S/C11H9BrClNS/c1-6-4-9(12)11(15-6)8-5-7(13)2-3-10(8)14/h2-5H,14H2,1H3. The fourth-order valence-electron chi connectivity index (χ4n) is 1.39. The van der Waals surface area contributed by atoms with Crippen molar-refractivity contribution in [3.63, 3.8) is 0 Å². The van der Waals surface area contributed by atoms with E-state index in [0.29, 0.717) is 5.02 Å². The Bertz CT molecular complexity index is 507. The van der Waals surface area contributed by atoms with Gasteiger partial charge in [0.2, 0.25) is 0 Å². The van der Waals surface area contributed by atoms with Crippen LogP contribution in [-0.2, 0) is 0 Å². The van der Waals surface area contributed by atoms with E-state index in [4.69, 9.17) is 17.3 Å². The molecule has 1 aromatic heterocycles. The summed E-state index contributed by atoms with van der Waals surface area (Å²) in [7, 11) is 0. The molecule has 1 aromatic carbocycles. The monoisotopic (exact) mass is 301 g/mol. The highest BCUT2D eigenvalue weighted by molar-refractivity contribution is 9.10. The molecule has 0 radical (unpaired) electrons. The molecule has 1 heterocycles. The Kier molecular flexibility index (Phi) is 3.05. The highest BCUT2D eigenvalue weighted by atomic mass is 79.9. The molecular weight excluding hydrogens is 294 g/mol. The van der Waals surface area contributed by atoms with Crippen LogP contribution in [0.4, 0.5) is 5.69 Å². The van der Waals surface area contributed by atoms with Crippen LogP contribution < -0.4 is 5.73 Å². The van der Waals surface area contributed by atoms with Crippen LogP contribution in [0.3, 0.4) is 0 Å². The van der Waals surface area contributed by atoms with E-state index in [1.54, 1.807) is 17.4 Å². The van der Waals surface area contributed by atoms with Gasteiger partial charge in [-0.1, -0.05) is 11.6 Å². The Hall–Kier alpha value is -0.510. The number of rotatable bonds is 1. The second-order valence-electron chi connectivity index (χ2n) is 3.27. The van der Waals surface area contributed by atoms with E-state index in [1.807, 2.05) is 12.1 Å². The van der Waals surface area contributed by atoms with Gasteiger partial charge in [0.05, 0.1) is 4.88 Å². The number of anilines is 1. The summed E-state index contributed by atoms with van der Waals surface area (Å²) in [4.78, 5) is 2.38. The second kappa shape index (κ2) is 4.16. The zero-order chi connectivity index (χ0) is 11.0. The number of thiophene rings is 1. The van der Waals surface area contributed by atoms with Crippen molar-refractivity contribution in [2.24, 2.45) is 0 Å². The minimum absolute atomic E-state index is 0.706. The van der Waals surface area contributed by atoms with E-state index in [-0.39, 0.29) is 0 Å². The number of hydrogen-bond donors (Lipinski definition) is 1. The smallest absolute Gasteiger partial charge is 0.0508 e. The van der Waals surface area contributed by atoms with Crippen LogP contribution in [0.25, 0.3) is 10.4 Å². The molecule has 0 saturated heterocycles. The van der Waals surface area contributed by atoms with Gasteiger partial charge in [-0.05, 0) is 47.1 Å². The molecule has 2 rings (SSSR count). The first-order chi connectivity index (χ1) is 7.08. The lowest BCUT2D eigenvalue weighted by atomic mass is 10.1. The Morgan fingerprint density at radius 1 is 1.33 bits per heavy atom. The number of halogens is 2. The number of nitrogen functional groups attached to an aromatic ring is 1. The van der Waals surface area contributed by atoms with Crippen molar-refractivity contribution >= 4 is 44.6 Å². The molecule has 0 aliphatic heterocycles. The van der Waals surface area contributed by atoms with E-state index in [0.717, 1.165) is 20.6 Å². The fourth-order valence-corrected chi connectivity index (χ4v) is 3.46. The summed E-state index contributed by atoms with van der Waals surface area (Å²) in [5.74, 6) is 0. The van der Waals surface area contributed by atoms with Gasteiger partial charge >= 0.3 is 0 Å². The molecule has 0 aliphatic carbocycles. The SMILES string of the molecule is Cc1cc(Br)c(-c2cc(Cl)ccc2N)s1. The summed E-state index contributed by atoms with van der Waals surface area (Å²) in [6.07, 6.45) is 0. The van der Waals surface area contributed by atoms with Gasteiger partial charge in [-0.25, -0.2) is 0 Å². The number of aryl methyl sites for hydroxylation is 1. The van der Waals surface area contributed by atoms with E-state index < -0.39 is 0 Å². The minimum Gasteiger partial charge on any atom is -0.398 e. The first-order valence-corrected chi connectivity index (χ1v) is 6.38. The van der Waals surface area contributed by atoms with Gasteiger partial charge in [-0.3, -0.25) is 0 Å². The molecule has 2 aromatic rings. The maximum atomic E-state index is 5.96. The molecule has 2 N–H and O–H groups in total. The van der Waals surface area contributed by atoms with Crippen molar-refractivity contribution < 1.29 is 0 Å². The van der Waals surface area contributed by atoms with Crippen molar-refractivity contribution in [3.8, 4) is 10.4 Å². The first kappa shape index (κ1) is 11.0. The number of nitrogens with two attached hydrogens (primary N) is 1. The molecule has 78 valence electrons. The molecule has 4 heteroatoms. The van der Waals surface area contributed by atoms with Gasteiger partial charge in [0.15, 0.2) is 0 Å². The summed E-state index contributed by atoms with van der Waals surface area (Å²) in [6.45, 7) is 2.07. The summed E-state index contributed by atoms with van der Waals surface area (Å²) >= 11 is 11.2. The van der Waals surface area contributed by atoms with Gasteiger partial charge in [0, 0.05) is 25.6 Å². The van der Waals surface area contributed by atoms with E-state index in [1.165, 1.54) is 4.88 Å². The summed E-state index contributed by atoms with van der Waals surface area (Å²) in [6, 6.07) is 7.61. The third kappa shape index (κ3) is 2.19. The van der Waals surface area contributed by atoms with Crippen LogP contribution in [0.5, 0.6) is 0 Å². The maximum absolute atomic E-state index is 5.96. The molecule has 1 nitrogen and oxygen atoms in total. The fraction of sp³-hybridized carbons (Fsp3) is 0.0909. The lowest BCUT2D eigenvalue weighted by molar-refractivity contribution is 1.61. The van der Waals surface area contributed by atoms with Crippen molar-refractivity contribution in [2.75, 3.05) is 5.73 Å². The Morgan fingerprint density at radius 2 is 2.07 bits per heavy atom. The highest BCUT2D eigenvalue weighted by Gasteiger charge is 2.10. The van der Waals surface area contributed by atoms with Crippen molar-refractivity contribution in [3.05, 3.63) is 38.6 Å². The van der Waals surface area contributed by atoms with Gasteiger partial charge in [-0.2, -0.15) is 0 Å². The van der Waals surface area contributed by atoms with Crippen LogP contribution in [-0.4, -0.2) is 0 Å². The normalized spacial score (nSPS) is 10.6. The molecule has 0 atom stereocenters. The molecule has 0 amide bonds.